The SMILES string of the molecule is CN1C2CCC1c1c(n(CC(C)(O)c3ccncc3)c3ccc(Cl)c(Cl)c13)C2. The molecule has 3 aromatic rings. The van der Waals surface area contributed by atoms with Crippen molar-refractivity contribution in [2.24, 2.45) is 0 Å². The van der Waals surface area contributed by atoms with E-state index < -0.39 is 5.60 Å². The second-order valence-corrected chi connectivity index (χ2v) is 9.11. The number of fused-ring (bicyclic) bond motifs is 6. The Morgan fingerprint density at radius 2 is 1.93 bits per heavy atom. The third-order valence-electron chi connectivity index (χ3n) is 6.64. The first-order chi connectivity index (χ1) is 13.4. The van der Waals surface area contributed by atoms with E-state index in [1.807, 2.05) is 31.2 Å². The van der Waals surface area contributed by atoms with Crippen molar-refractivity contribution >= 4 is 34.1 Å². The smallest absolute Gasteiger partial charge is 0.105 e. The fourth-order valence-electron chi connectivity index (χ4n) is 5.16. The minimum atomic E-state index is -1.02. The zero-order chi connectivity index (χ0) is 19.6. The monoisotopic (exact) mass is 415 g/mol. The molecule has 1 saturated heterocycles. The van der Waals surface area contributed by atoms with Crippen molar-refractivity contribution < 1.29 is 5.11 Å². The van der Waals surface area contributed by atoms with Crippen molar-refractivity contribution in [2.75, 3.05) is 7.05 Å². The Labute approximate surface area is 174 Å². The number of pyridine rings is 1. The average Bonchev–Trinajstić information content (AvgIpc) is 3.10. The fraction of sp³-hybridized carbons (Fsp3) is 0.409. The van der Waals surface area contributed by atoms with E-state index in [0.29, 0.717) is 28.7 Å². The van der Waals surface area contributed by atoms with E-state index in [2.05, 4.69) is 21.5 Å². The molecule has 2 aliphatic rings. The van der Waals surface area contributed by atoms with Crippen molar-refractivity contribution in [3.63, 3.8) is 0 Å². The molecular formula is C22H23Cl2N3O. The number of benzene rings is 1. The van der Waals surface area contributed by atoms with Crippen LogP contribution in [-0.4, -0.2) is 32.6 Å². The quantitative estimate of drug-likeness (QED) is 0.658. The highest BCUT2D eigenvalue weighted by Gasteiger charge is 2.42. The molecule has 5 rings (SSSR count). The number of rotatable bonds is 3. The average molecular weight is 416 g/mol. The fourth-order valence-corrected chi connectivity index (χ4v) is 5.57. The van der Waals surface area contributed by atoms with Crippen molar-refractivity contribution in [1.29, 1.82) is 0 Å². The summed E-state index contributed by atoms with van der Waals surface area (Å²) in [6.07, 6.45) is 6.74. The first kappa shape index (κ1) is 18.4. The molecule has 0 aliphatic carbocycles. The van der Waals surface area contributed by atoms with Gasteiger partial charge < -0.3 is 9.67 Å². The van der Waals surface area contributed by atoms with Gasteiger partial charge in [-0.1, -0.05) is 23.2 Å². The molecule has 1 N–H and O–H groups in total. The molecule has 0 radical (unpaired) electrons. The van der Waals surface area contributed by atoms with Gasteiger partial charge >= 0.3 is 0 Å². The van der Waals surface area contributed by atoms with Gasteiger partial charge in [-0.3, -0.25) is 9.88 Å². The first-order valence-electron chi connectivity index (χ1n) is 9.72. The summed E-state index contributed by atoms with van der Waals surface area (Å²) in [5.41, 5.74) is 3.48. The lowest BCUT2D eigenvalue weighted by Crippen LogP contribution is -2.36. The van der Waals surface area contributed by atoms with Gasteiger partial charge in [0.2, 0.25) is 0 Å². The number of aliphatic hydroxyl groups is 1. The van der Waals surface area contributed by atoms with Crippen LogP contribution in [0.1, 0.15) is 42.6 Å². The Morgan fingerprint density at radius 3 is 2.68 bits per heavy atom. The number of nitrogens with zero attached hydrogens (tertiary/aromatic N) is 3. The number of halogens is 2. The largest absolute Gasteiger partial charge is 0.384 e. The van der Waals surface area contributed by atoms with Crippen LogP contribution in [0.5, 0.6) is 0 Å². The number of likely N-dealkylation sites (N-methyl/N-ethyl adjacent to an activating group) is 1. The summed E-state index contributed by atoms with van der Waals surface area (Å²) >= 11 is 13.1. The van der Waals surface area contributed by atoms with Crippen LogP contribution in [-0.2, 0) is 18.6 Å². The van der Waals surface area contributed by atoms with Gasteiger partial charge in [0.15, 0.2) is 0 Å². The predicted molar refractivity (Wildman–Crippen MR) is 113 cm³/mol. The van der Waals surface area contributed by atoms with Crippen molar-refractivity contribution in [2.45, 2.75) is 50.4 Å². The highest BCUT2D eigenvalue weighted by molar-refractivity contribution is 6.45. The Hall–Kier alpha value is -1.59. The second-order valence-electron chi connectivity index (χ2n) is 8.33. The Morgan fingerprint density at radius 1 is 1.18 bits per heavy atom. The van der Waals surface area contributed by atoms with E-state index in [0.717, 1.165) is 29.3 Å². The van der Waals surface area contributed by atoms with Crippen LogP contribution in [0, 0.1) is 0 Å². The molecule has 0 spiro atoms. The van der Waals surface area contributed by atoms with Gasteiger partial charge in [0, 0.05) is 42.0 Å². The molecule has 3 atom stereocenters. The van der Waals surface area contributed by atoms with Gasteiger partial charge in [-0.15, -0.1) is 0 Å². The molecule has 1 aromatic carbocycles. The third-order valence-corrected chi connectivity index (χ3v) is 7.45. The van der Waals surface area contributed by atoms with Gasteiger partial charge in [-0.05, 0) is 62.2 Å². The lowest BCUT2D eigenvalue weighted by atomic mass is 9.95. The van der Waals surface area contributed by atoms with Crippen LogP contribution in [0.4, 0.5) is 0 Å². The maximum absolute atomic E-state index is 11.3. The molecule has 2 bridgehead atoms. The minimum absolute atomic E-state index is 0.361. The van der Waals surface area contributed by atoms with Gasteiger partial charge in [0.05, 0.1) is 22.1 Å². The van der Waals surface area contributed by atoms with Crippen LogP contribution in [0.15, 0.2) is 36.7 Å². The highest BCUT2D eigenvalue weighted by Crippen LogP contribution is 2.49. The van der Waals surface area contributed by atoms with E-state index >= 15 is 0 Å². The number of hydrogen-bond donors (Lipinski definition) is 1. The molecule has 6 heteroatoms. The molecule has 4 nitrogen and oxygen atoms in total. The summed E-state index contributed by atoms with van der Waals surface area (Å²) in [7, 11) is 2.21. The van der Waals surface area contributed by atoms with Gasteiger partial charge in [-0.2, -0.15) is 0 Å². The zero-order valence-corrected chi connectivity index (χ0v) is 17.5. The maximum atomic E-state index is 11.3. The van der Waals surface area contributed by atoms with E-state index in [1.165, 1.54) is 17.7 Å². The first-order valence-corrected chi connectivity index (χ1v) is 10.5. The highest BCUT2D eigenvalue weighted by atomic mass is 35.5. The molecule has 2 aromatic heterocycles. The van der Waals surface area contributed by atoms with E-state index in [1.54, 1.807) is 12.4 Å². The molecule has 1 fully saturated rings. The van der Waals surface area contributed by atoms with E-state index in [9.17, 15) is 5.11 Å². The summed E-state index contributed by atoms with van der Waals surface area (Å²) in [6.45, 7) is 2.33. The van der Waals surface area contributed by atoms with Gasteiger partial charge in [-0.25, -0.2) is 0 Å². The van der Waals surface area contributed by atoms with Crippen LogP contribution in [0.3, 0.4) is 0 Å². The normalized spacial score (nSPS) is 23.8. The molecule has 146 valence electrons. The van der Waals surface area contributed by atoms with Crippen molar-refractivity contribution in [1.82, 2.24) is 14.5 Å². The van der Waals surface area contributed by atoms with Gasteiger partial charge in [0.25, 0.3) is 0 Å². The van der Waals surface area contributed by atoms with Crippen LogP contribution in [0.25, 0.3) is 10.9 Å². The number of aromatic nitrogens is 2. The zero-order valence-electron chi connectivity index (χ0n) is 16.0. The Kier molecular flexibility index (Phi) is 4.25. The minimum Gasteiger partial charge on any atom is -0.384 e. The summed E-state index contributed by atoms with van der Waals surface area (Å²) in [4.78, 5) is 6.55. The molecule has 0 amide bonds. The predicted octanol–water partition coefficient (Wildman–Crippen LogP) is 4.94. The van der Waals surface area contributed by atoms with Crippen molar-refractivity contribution in [3.8, 4) is 0 Å². The summed E-state index contributed by atoms with van der Waals surface area (Å²) < 4.78 is 2.27. The topological polar surface area (TPSA) is 41.3 Å². The lowest BCUT2D eigenvalue weighted by molar-refractivity contribution is 0.0381. The van der Waals surface area contributed by atoms with Crippen LogP contribution >= 0.6 is 23.2 Å². The summed E-state index contributed by atoms with van der Waals surface area (Å²) in [5, 5.41) is 13.6. The molecule has 28 heavy (non-hydrogen) atoms. The number of hydrogen-bond acceptors (Lipinski definition) is 3. The Bertz CT molecular complexity index is 1060. The molecule has 2 aliphatic heterocycles. The van der Waals surface area contributed by atoms with E-state index in [4.69, 9.17) is 23.2 Å². The lowest BCUT2D eigenvalue weighted by Gasteiger charge is -2.33. The second kappa shape index (κ2) is 6.46. The van der Waals surface area contributed by atoms with Crippen LogP contribution in [0.2, 0.25) is 10.0 Å². The maximum Gasteiger partial charge on any atom is 0.105 e. The summed E-state index contributed by atoms with van der Waals surface area (Å²) in [6, 6.07) is 8.55. The molecule has 4 heterocycles. The van der Waals surface area contributed by atoms with E-state index in [-0.39, 0.29) is 0 Å². The van der Waals surface area contributed by atoms with Crippen molar-refractivity contribution in [3.05, 3.63) is 63.5 Å². The Balaban J connectivity index is 1.72. The standard InChI is InChI=1S/C22H23Cl2N3O/c1-22(28,13-7-9-25-10-8-13)12-27-17-6-4-15(23)21(24)20(17)19-16-5-3-14(26(16)2)11-18(19)27/h4,6-10,14,16,28H,3,5,11-12H2,1-2H3. The third kappa shape index (κ3) is 2.62. The van der Waals surface area contributed by atoms with Crippen LogP contribution < -0.4 is 0 Å². The molecular weight excluding hydrogens is 393 g/mol. The van der Waals surface area contributed by atoms with Gasteiger partial charge in [0.1, 0.15) is 5.60 Å². The molecule has 3 unspecified atom stereocenters. The summed E-state index contributed by atoms with van der Waals surface area (Å²) in [5.74, 6) is 0. The molecule has 0 saturated carbocycles.